The third-order valence-electron chi connectivity index (χ3n) is 5.72. The molecule has 180 valence electrons. The van der Waals surface area contributed by atoms with Gasteiger partial charge in [-0.1, -0.05) is 60.2 Å². The number of aliphatic carboxylic acids is 1. The standard InChI is InChI=1S/C26H30N2O6/c1-16(2)11-12-22(24(30)27-14-13-23(29)25(31)32)28-26(33)34-15-21-19-9-5-3-7-17(19)18-8-4-6-10-20(18)21/h3-11,21-23,29H,12-15H2,1-2H3,(H,27,30)(H,28,33)(H,31,32)/t22?,23-/m0/s1. The van der Waals surface area contributed by atoms with Crippen LogP contribution in [-0.2, 0) is 14.3 Å². The molecular formula is C26H30N2O6. The van der Waals surface area contributed by atoms with E-state index in [0.717, 1.165) is 27.8 Å². The SMILES string of the molecule is CC(C)=CCC(NC(=O)OCC1c2ccccc2-c2ccccc21)C(=O)NCC[C@H](O)C(=O)O. The largest absolute Gasteiger partial charge is 0.479 e. The van der Waals surface area contributed by atoms with E-state index in [1.807, 2.05) is 56.3 Å². The molecule has 0 aromatic heterocycles. The van der Waals surface area contributed by atoms with E-state index >= 15 is 0 Å². The molecule has 0 bridgehead atoms. The number of carboxylic acid groups (broad SMARTS) is 1. The van der Waals surface area contributed by atoms with Crippen molar-refractivity contribution in [3.05, 3.63) is 71.3 Å². The summed E-state index contributed by atoms with van der Waals surface area (Å²) in [5, 5.41) is 23.3. The van der Waals surface area contributed by atoms with Crippen molar-refractivity contribution in [2.75, 3.05) is 13.2 Å². The first-order valence-electron chi connectivity index (χ1n) is 11.2. The van der Waals surface area contributed by atoms with Crippen molar-refractivity contribution in [2.45, 2.75) is 44.8 Å². The molecule has 0 spiro atoms. The molecule has 8 heteroatoms. The highest BCUT2D eigenvalue weighted by Crippen LogP contribution is 2.44. The Hall–Kier alpha value is -3.65. The van der Waals surface area contributed by atoms with Crippen LogP contribution in [0, 0.1) is 0 Å². The summed E-state index contributed by atoms with van der Waals surface area (Å²) in [4.78, 5) is 35.9. The molecule has 0 saturated carbocycles. The van der Waals surface area contributed by atoms with Gasteiger partial charge in [0.05, 0.1) is 0 Å². The lowest BCUT2D eigenvalue weighted by Gasteiger charge is -2.19. The Bertz CT molecular complexity index is 1030. The van der Waals surface area contributed by atoms with Crippen LogP contribution in [0.4, 0.5) is 4.79 Å². The van der Waals surface area contributed by atoms with Crippen LogP contribution >= 0.6 is 0 Å². The van der Waals surface area contributed by atoms with Crippen LogP contribution in [0.3, 0.4) is 0 Å². The average molecular weight is 467 g/mol. The van der Waals surface area contributed by atoms with E-state index in [2.05, 4.69) is 22.8 Å². The summed E-state index contributed by atoms with van der Waals surface area (Å²) >= 11 is 0. The van der Waals surface area contributed by atoms with Crippen LogP contribution in [0.25, 0.3) is 11.1 Å². The molecule has 8 nitrogen and oxygen atoms in total. The minimum absolute atomic E-state index is 0.0377. The normalized spacial score (nSPS) is 13.7. The second-order valence-electron chi connectivity index (χ2n) is 8.47. The predicted octanol–water partition coefficient (Wildman–Crippen LogP) is 3.20. The van der Waals surface area contributed by atoms with Gasteiger partial charge in [0.25, 0.3) is 0 Å². The zero-order valence-electron chi connectivity index (χ0n) is 19.3. The minimum atomic E-state index is -1.56. The number of benzene rings is 2. The van der Waals surface area contributed by atoms with Gasteiger partial charge in [-0.3, -0.25) is 4.79 Å². The quantitative estimate of drug-likeness (QED) is 0.399. The summed E-state index contributed by atoms with van der Waals surface area (Å²) in [6, 6.07) is 15.1. The summed E-state index contributed by atoms with van der Waals surface area (Å²) in [7, 11) is 0. The summed E-state index contributed by atoms with van der Waals surface area (Å²) in [6.45, 7) is 3.85. The highest BCUT2D eigenvalue weighted by Gasteiger charge is 2.29. The smallest absolute Gasteiger partial charge is 0.407 e. The number of carboxylic acids is 1. The second-order valence-corrected chi connectivity index (χ2v) is 8.47. The molecule has 4 N–H and O–H groups in total. The van der Waals surface area contributed by atoms with E-state index in [1.165, 1.54) is 0 Å². The van der Waals surface area contributed by atoms with Gasteiger partial charge in [0.1, 0.15) is 12.6 Å². The number of allylic oxidation sites excluding steroid dienone is 1. The van der Waals surface area contributed by atoms with Crippen LogP contribution in [0.1, 0.15) is 43.7 Å². The number of aliphatic hydroxyl groups is 1. The Balaban J connectivity index is 1.61. The first kappa shape index (κ1) is 25.0. The summed E-state index contributed by atoms with van der Waals surface area (Å²) < 4.78 is 5.53. The number of aliphatic hydroxyl groups excluding tert-OH is 1. The molecule has 0 radical (unpaired) electrons. The van der Waals surface area contributed by atoms with Gasteiger partial charge in [-0.15, -0.1) is 0 Å². The molecule has 0 saturated heterocycles. The molecule has 1 aliphatic carbocycles. The monoisotopic (exact) mass is 466 g/mol. The van der Waals surface area contributed by atoms with Crippen LogP contribution in [-0.4, -0.2) is 53.5 Å². The summed E-state index contributed by atoms with van der Waals surface area (Å²) in [5.41, 5.74) is 5.40. The Morgan fingerprint density at radius 1 is 1.03 bits per heavy atom. The number of amides is 2. The number of nitrogens with one attached hydrogen (secondary N) is 2. The number of ether oxygens (including phenoxy) is 1. The maximum Gasteiger partial charge on any atom is 0.407 e. The fourth-order valence-electron chi connectivity index (χ4n) is 3.95. The van der Waals surface area contributed by atoms with Crippen LogP contribution in [0.2, 0.25) is 0 Å². The van der Waals surface area contributed by atoms with Crippen molar-refractivity contribution in [2.24, 2.45) is 0 Å². The Morgan fingerprint density at radius 3 is 2.18 bits per heavy atom. The van der Waals surface area contributed by atoms with E-state index in [0.29, 0.717) is 0 Å². The highest BCUT2D eigenvalue weighted by molar-refractivity contribution is 5.86. The van der Waals surface area contributed by atoms with Gasteiger partial charge in [-0.25, -0.2) is 9.59 Å². The number of rotatable bonds is 10. The van der Waals surface area contributed by atoms with E-state index < -0.39 is 30.1 Å². The predicted molar refractivity (Wildman–Crippen MR) is 127 cm³/mol. The van der Waals surface area contributed by atoms with Crippen molar-refractivity contribution in [3.8, 4) is 11.1 Å². The third-order valence-corrected chi connectivity index (χ3v) is 5.72. The lowest BCUT2D eigenvalue weighted by Crippen LogP contribution is -2.47. The lowest BCUT2D eigenvalue weighted by atomic mass is 9.98. The van der Waals surface area contributed by atoms with Gasteiger partial charge in [-0.05, 0) is 42.5 Å². The Morgan fingerprint density at radius 2 is 1.62 bits per heavy atom. The van der Waals surface area contributed by atoms with Gasteiger partial charge >= 0.3 is 12.1 Å². The first-order valence-corrected chi connectivity index (χ1v) is 11.2. The third kappa shape index (κ3) is 6.23. The van der Waals surface area contributed by atoms with Gasteiger partial charge < -0.3 is 25.6 Å². The van der Waals surface area contributed by atoms with Gasteiger partial charge in [0.15, 0.2) is 6.10 Å². The van der Waals surface area contributed by atoms with E-state index in [-0.39, 0.29) is 31.9 Å². The van der Waals surface area contributed by atoms with E-state index in [9.17, 15) is 19.5 Å². The number of alkyl carbamates (subject to hydrolysis) is 1. The summed E-state index contributed by atoms with van der Waals surface area (Å²) in [5.74, 6) is -1.93. The minimum Gasteiger partial charge on any atom is -0.479 e. The molecule has 2 amide bonds. The van der Waals surface area contributed by atoms with E-state index in [4.69, 9.17) is 9.84 Å². The van der Waals surface area contributed by atoms with Crippen molar-refractivity contribution in [3.63, 3.8) is 0 Å². The van der Waals surface area contributed by atoms with Crippen molar-refractivity contribution in [1.82, 2.24) is 10.6 Å². The molecule has 2 aromatic rings. The number of carbonyl (C=O) groups excluding carboxylic acids is 2. The zero-order chi connectivity index (χ0) is 24.7. The van der Waals surface area contributed by atoms with Gasteiger partial charge in [0.2, 0.25) is 5.91 Å². The molecule has 0 heterocycles. The van der Waals surface area contributed by atoms with Crippen molar-refractivity contribution < 1.29 is 29.3 Å². The zero-order valence-corrected chi connectivity index (χ0v) is 19.3. The summed E-state index contributed by atoms with van der Waals surface area (Å²) in [6.07, 6.45) is -0.345. The van der Waals surface area contributed by atoms with Gasteiger partial charge in [-0.2, -0.15) is 0 Å². The van der Waals surface area contributed by atoms with Crippen LogP contribution in [0.15, 0.2) is 60.2 Å². The lowest BCUT2D eigenvalue weighted by molar-refractivity contribution is -0.147. The first-order chi connectivity index (χ1) is 16.3. The Kier molecular flexibility index (Phi) is 8.43. The molecule has 2 aromatic carbocycles. The molecule has 0 fully saturated rings. The van der Waals surface area contributed by atoms with Gasteiger partial charge in [0, 0.05) is 18.9 Å². The maximum absolute atomic E-state index is 12.6. The second kappa shape index (κ2) is 11.5. The fourth-order valence-corrected chi connectivity index (χ4v) is 3.95. The molecular weight excluding hydrogens is 436 g/mol. The number of carbonyl (C=O) groups is 3. The Labute approximate surface area is 198 Å². The molecule has 0 aliphatic heterocycles. The maximum atomic E-state index is 12.6. The molecule has 2 atom stereocenters. The topological polar surface area (TPSA) is 125 Å². The molecule has 1 aliphatic rings. The van der Waals surface area contributed by atoms with Crippen LogP contribution < -0.4 is 10.6 Å². The fraction of sp³-hybridized carbons (Fsp3) is 0.346. The van der Waals surface area contributed by atoms with Crippen molar-refractivity contribution >= 4 is 18.0 Å². The van der Waals surface area contributed by atoms with E-state index in [1.54, 1.807) is 0 Å². The average Bonchev–Trinajstić information content (AvgIpc) is 3.13. The molecule has 34 heavy (non-hydrogen) atoms. The van der Waals surface area contributed by atoms with Crippen molar-refractivity contribution in [1.29, 1.82) is 0 Å². The molecule has 1 unspecified atom stereocenters. The number of hydrogen-bond donors (Lipinski definition) is 4. The molecule has 3 rings (SSSR count). The number of hydrogen-bond acceptors (Lipinski definition) is 5. The highest BCUT2D eigenvalue weighted by atomic mass is 16.5. The van der Waals surface area contributed by atoms with Crippen LogP contribution in [0.5, 0.6) is 0 Å². The number of fused-ring (bicyclic) bond motifs is 3.